The van der Waals surface area contributed by atoms with Crippen LogP contribution in [0, 0.1) is 0 Å². The summed E-state index contributed by atoms with van der Waals surface area (Å²) in [5.74, 6) is 0.426. The number of amides is 1. The Hall–Kier alpha value is -2.29. The van der Waals surface area contributed by atoms with Gasteiger partial charge in [-0.15, -0.1) is 5.10 Å². The highest BCUT2D eigenvalue weighted by Gasteiger charge is 2.14. The number of hydrazone groups is 1. The Labute approximate surface area is 129 Å². The minimum absolute atomic E-state index is 0.271. The van der Waals surface area contributed by atoms with E-state index in [0.717, 1.165) is 5.69 Å². The number of halogens is 1. The highest BCUT2D eigenvalue weighted by Crippen LogP contribution is 2.08. The SMILES string of the molecule is CCOC(=O)N/N=C(\CBr)c1nnnn1-c1ccccc1. The maximum Gasteiger partial charge on any atom is 0.427 e. The van der Waals surface area contributed by atoms with Crippen LogP contribution in [0.1, 0.15) is 12.7 Å². The molecule has 0 aliphatic heterocycles. The van der Waals surface area contributed by atoms with Crippen LogP contribution in [0.2, 0.25) is 0 Å². The average Bonchev–Trinajstić information content (AvgIpc) is 2.98. The third-order valence-corrected chi connectivity index (χ3v) is 2.94. The summed E-state index contributed by atoms with van der Waals surface area (Å²) >= 11 is 3.30. The number of carbonyl (C=O) groups excluding carboxylic acids is 1. The number of aromatic nitrogens is 4. The Balaban J connectivity index is 2.26. The summed E-state index contributed by atoms with van der Waals surface area (Å²) < 4.78 is 6.27. The molecule has 21 heavy (non-hydrogen) atoms. The van der Waals surface area contributed by atoms with Gasteiger partial charge in [-0.1, -0.05) is 34.1 Å². The van der Waals surface area contributed by atoms with Gasteiger partial charge in [0.1, 0.15) is 5.71 Å². The van der Waals surface area contributed by atoms with Crippen molar-refractivity contribution in [2.75, 3.05) is 11.9 Å². The van der Waals surface area contributed by atoms with Gasteiger partial charge in [-0.25, -0.2) is 10.2 Å². The lowest BCUT2D eigenvalue weighted by Gasteiger charge is -2.05. The fraction of sp³-hybridized carbons (Fsp3) is 0.250. The molecule has 0 saturated carbocycles. The summed E-state index contributed by atoms with van der Waals surface area (Å²) in [4.78, 5) is 11.3. The fourth-order valence-electron chi connectivity index (χ4n) is 1.53. The van der Waals surface area contributed by atoms with Gasteiger partial charge in [-0.2, -0.15) is 9.78 Å². The van der Waals surface area contributed by atoms with Gasteiger partial charge in [-0.3, -0.25) is 0 Å². The van der Waals surface area contributed by atoms with Crippen molar-refractivity contribution >= 4 is 27.7 Å². The van der Waals surface area contributed by atoms with Crippen molar-refractivity contribution in [3.63, 3.8) is 0 Å². The number of hydrogen-bond donors (Lipinski definition) is 1. The predicted molar refractivity (Wildman–Crippen MR) is 79.6 cm³/mol. The average molecular weight is 353 g/mol. The molecule has 1 heterocycles. The first kappa shape index (κ1) is 15.1. The molecule has 1 N–H and O–H groups in total. The smallest absolute Gasteiger partial charge is 0.427 e. The Morgan fingerprint density at radius 2 is 2.19 bits per heavy atom. The van der Waals surface area contributed by atoms with Gasteiger partial charge in [0.05, 0.1) is 17.6 Å². The van der Waals surface area contributed by atoms with E-state index in [4.69, 9.17) is 4.74 Å². The van der Waals surface area contributed by atoms with E-state index < -0.39 is 6.09 Å². The molecule has 2 rings (SSSR count). The first-order valence-electron chi connectivity index (χ1n) is 6.15. The third kappa shape index (κ3) is 3.85. The zero-order valence-corrected chi connectivity index (χ0v) is 12.8. The largest absolute Gasteiger partial charge is 0.449 e. The zero-order chi connectivity index (χ0) is 15.1. The lowest BCUT2D eigenvalue weighted by Crippen LogP contribution is -2.23. The molecule has 1 aromatic carbocycles. The summed E-state index contributed by atoms with van der Waals surface area (Å²) in [7, 11) is 0. The Morgan fingerprint density at radius 1 is 1.43 bits per heavy atom. The van der Waals surface area contributed by atoms with E-state index in [1.807, 2.05) is 30.3 Å². The Morgan fingerprint density at radius 3 is 2.86 bits per heavy atom. The summed E-state index contributed by atoms with van der Waals surface area (Å²) in [6, 6.07) is 9.38. The Kier molecular flexibility index (Phi) is 5.38. The van der Waals surface area contributed by atoms with Crippen LogP contribution in [0.4, 0.5) is 4.79 Å². The lowest BCUT2D eigenvalue weighted by molar-refractivity contribution is 0.152. The molecule has 0 aliphatic rings. The fourth-order valence-corrected chi connectivity index (χ4v) is 1.90. The number of nitrogens with one attached hydrogen (secondary N) is 1. The standard InChI is InChI=1S/C12H13BrN6O2/c1-2-21-12(20)16-14-10(8-13)11-15-17-18-19(11)9-6-4-3-5-7-9/h3-7H,2,8H2,1H3,(H,16,20)/b14-10+. The maximum absolute atomic E-state index is 11.3. The monoisotopic (exact) mass is 352 g/mol. The maximum atomic E-state index is 11.3. The molecule has 0 radical (unpaired) electrons. The minimum atomic E-state index is -0.630. The van der Waals surface area contributed by atoms with Crippen LogP contribution in [0.3, 0.4) is 0 Å². The van der Waals surface area contributed by atoms with Gasteiger partial charge in [0.25, 0.3) is 0 Å². The van der Waals surface area contributed by atoms with Crippen LogP contribution in [-0.2, 0) is 4.74 Å². The van der Waals surface area contributed by atoms with Crippen molar-refractivity contribution in [3.05, 3.63) is 36.2 Å². The van der Waals surface area contributed by atoms with Gasteiger partial charge < -0.3 is 4.74 Å². The molecule has 0 saturated heterocycles. The number of hydrogen-bond acceptors (Lipinski definition) is 6. The van der Waals surface area contributed by atoms with Crippen LogP contribution in [-0.4, -0.2) is 43.9 Å². The number of nitrogens with zero attached hydrogens (tertiary/aromatic N) is 5. The van der Waals surface area contributed by atoms with Crippen molar-refractivity contribution in [1.29, 1.82) is 0 Å². The molecule has 8 nitrogen and oxygen atoms in total. The Bertz CT molecular complexity index is 628. The lowest BCUT2D eigenvalue weighted by atomic mass is 10.3. The van der Waals surface area contributed by atoms with Crippen LogP contribution in [0.15, 0.2) is 35.4 Å². The van der Waals surface area contributed by atoms with Crippen LogP contribution < -0.4 is 5.43 Å². The molecule has 1 amide bonds. The molecular weight excluding hydrogens is 340 g/mol. The summed E-state index contributed by atoms with van der Waals surface area (Å²) in [5, 5.41) is 15.9. The predicted octanol–water partition coefficient (Wildman–Crippen LogP) is 1.51. The van der Waals surface area contributed by atoms with E-state index in [1.165, 1.54) is 4.68 Å². The second-order valence-electron chi connectivity index (χ2n) is 3.77. The first-order valence-corrected chi connectivity index (χ1v) is 7.28. The summed E-state index contributed by atoms with van der Waals surface area (Å²) in [6.07, 6.45) is -0.630. The van der Waals surface area contributed by atoms with E-state index >= 15 is 0 Å². The van der Waals surface area contributed by atoms with E-state index in [0.29, 0.717) is 16.9 Å². The molecule has 9 heteroatoms. The number of benzene rings is 1. The van der Waals surface area contributed by atoms with E-state index in [1.54, 1.807) is 6.92 Å². The van der Waals surface area contributed by atoms with Crippen molar-refractivity contribution in [1.82, 2.24) is 25.6 Å². The number of alkyl halides is 1. The van der Waals surface area contributed by atoms with Gasteiger partial charge in [0, 0.05) is 0 Å². The molecule has 0 bridgehead atoms. The molecule has 0 fully saturated rings. The van der Waals surface area contributed by atoms with Crippen molar-refractivity contribution in [2.45, 2.75) is 6.92 Å². The molecule has 0 unspecified atom stereocenters. The van der Waals surface area contributed by atoms with Crippen molar-refractivity contribution in [3.8, 4) is 5.69 Å². The van der Waals surface area contributed by atoms with E-state index in [2.05, 4.69) is 42.0 Å². The van der Waals surface area contributed by atoms with Gasteiger partial charge >= 0.3 is 6.09 Å². The van der Waals surface area contributed by atoms with Gasteiger partial charge in [0.15, 0.2) is 0 Å². The molecule has 0 spiro atoms. The number of ether oxygens (including phenoxy) is 1. The molecule has 1 aromatic heterocycles. The molecule has 110 valence electrons. The summed E-state index contributed by atoms with van der Waals surface area (Å²) in [6.45, 7) is 1.98. The van der Waals surface area contributed by atoms with E-state index in [9.17, 15) is 4.79 Å². The topological polar surface area (TPSA) is 94.3 Å². The molecule has 2 aromatic rings. The third-order valence-electron chi connectivity index (χ3n) is 2.41. The number of rotatable bonds is 5. The molecule has 0 atom stereocenters. The molecule has 0 aliphatic carbocycles. The van der Waals surface area contributed by atoms with Gasteiger partial charge in [-0.05, 0) is 29.5 Å². The number of tetrazole rings is 1. The normalized spacial score (nSPS) is 11.2. The zero-order valence-electron chi connectivity index (χ0n) is 11.2. The molecular formula is C12H13BrN6O2. The van der Waals surface area contributed by atoms with Gasteiger partial charge in [0.2, 0.25) is 5.82 Å². The van der Waals surface area contributed by atoms with Crippen LogP contribution >= 0.6 is 15.9 Å². The first-order chi connectivity index (χ1) is 10.3. The quantitative estimate of drug-likeness (QED) is 0.500. The van der Waals surface area contributed by atoms with Crippen molar-refractivity contribution in [2.24, 2.45) is 5.10 Å². The second-order valence-corrected chi connectivity index (χ2v) is 4.33. The second kappa shape index (κ2) is 7.48. The highest BCUT2D eigenvalue weighted by molar-refractivity contribution is 9.09. The minimum Gasteiger partial charge on any atom is -0.449 e. The summed E-state index contributed by atoms with van der Waals surface area (Å²) in [5.41, 5.74) is 3.55. The number of carbonyl (C=O) groups is 1. The van der Waals surface area contributed by atoms with Crippen molar-refractivity contribution < 1.29 is 9.53 Å². The van der Waals surface area contributed by atoms with E-state index in [-0.39, 0.29) is 6.61 Å². The van der Waals surface area contributed by atoms with Crippen LogP contribution in [0.25, 0.3) is 5.69 Å². The number of para-hydroxylation sites is 1. The van der Waals surface area contributed by atoms with Crippen LogP contribution in [0.5, 0.6) is 0 Å². The highest BCUT2D eigenvalue weighted by atomic mass is 79.9.